The highest BCUT2D eigenvalue weighted by molar-refractivity contribution is 6.13. The number of nitrogens with one attached hydrogen (secondary N) is 1. The molecule has 3 aromatic rings. The van der Waals surface area contributed by atoms with Gasteiger partial charge in [-0.1, -0.05) is 18.2 Å². The van der Waals surface area contributed by atoms with Crippen LogP contribution in [-0.4, -0.2) is 34.9 Å². The topological polar surface area (TPSA) is 49.0 Å². The van der Waals surface area contributed by atoms with E-state index in [0.29, 0.717) is 5.69 Å². The zero-order valence-corrected chi connectivity index (χ0v) is 10.3. The van der Waals surface area contributed by atoms with Gasteiger partial charge in [-0.05, 0) is 12.1 Å². The van der Waals surface area contributed by atoms with Crippen molar-refractivity contribution in [2.45, 2.75) is 0 Å². The van der Waals surface area contributed by atoms with E-state index >= 15 is 0 Å². The Hall–Kier alpha value is -2.36. The molecule has 18 heavy (non-hydrogen) atoms. The van der Waals surface area contributed by atoms with E-state index in [4.69, 9.17) is 0 Å². The number of H-pyrrole nitrogens is 1. The van der Waals surface area contributed by atoms with Gasteiger partial charge in [0.2, 0.25) is 0 Å². The van der Waals surface area contributed by atoms with Crippen LogP contribution in [0.3, 0.4) is 0 Å². The molecule has 1 amide bonds. The molecule has 1 N–H and O–H groups in total. The number of hydrogen-bond donors (Lipinski definition) is 1. The maximum Gasteiger partial charge on any atom is 0.274 e. The second kappa shape index (κ2) is 3.84. The fourth-order valence-electron chi connectivity index (χ4n) is 2.15. The smallest absolute Gasteiger partial charge is 0.274 e. The third-order valence-corrected chi connectivity index (χ3v) is 3.04. The number of aromatic amines is 1. The Kier molecular flexibility index (Phi) is 2.30. The number of pyridine rings is 1. The van der Waals surface area contributed by atoms with Crippen molar-refractivity contribution in [3.05, 3.63) is 42.2 Å². The molecule has 4 nitrogen and oxygen atoms in total. The Labute approximate surface area is 104 Å². The Bertz CT molecular complexity index is 743. The summed E-state index contributed by atoms with van der Waals surface area (Å²) in [7, 11) is 3.46. The number of fused-ring (bicyclic) bond motifs is 3. The van der Waals surface area contributed by atoms with Crippen molar-refractivity contribution in [1.29, 1.82) is 0 Å². The SMILES string of the molecule is CN(C)C(=O)c1nccc2c1[nH]c1ccccc12. The molecule has 0 aliphatic carbocycles. The number of para-hydroxylation sites is 1. The van der Waals surface area contributed by atoms with Crippen LogP contribution >= 0.6 is 0 Å². The van der Waals surface area contributed by atoms with E-state index in [1.807, 2.05) is 30.3 Å². The minimum absolute atomic E-state index is 0.0906. The van der Waals surface area contributed by atoms with Crippen LogP contribution in [0.25, 0.3) is 21.8 Å². The van der Waals surface area contributed by atoms with Gasteiger partial charge in [-0.3, -0.25) is 4.79 Å². The summed E-state index contributed by atoms with van der Waals surface area (Å²) in [6, 6.07) is 9.93. The van der Waals surface area contributed by atoms with Crippen molar-refractivity contribution in [3.8, 4) is 0 Å². The molecule has 0 radical (unpaired) electrons. The summed E-state index contributed by atoms with van der Waals surface area (Å²) in [5.74, 6) is -0.0906. The van der Waals surface area contributed by atoms with Crippen LogP contribution in [-0.2, 0) is 0 Å². The molecule has 0 atom stereocenters. The molecule has 2 heterocycles. The third kappa shape index (κ3) is 1.46. The molecule has 4 heteroatoms. The monoisotopic (exact) mass is 239 g/mol. The summed E-state index contributed by atoms with van der Waals surface area (Å²) in [5, 5.41) is 2.15. The molecule has 0 aliphatic heterocycles. The maximum atomic E-state index is 12.1. The molecule has 90 valence electrons. The number of nitrogens with zero attached hydrogens (tertiary/aromatic N) is 2. The molecule has 3 rings (SSSR count). The van der Waals surface area contributed by atoms with Gasteiger partial charge in [-0.25, -0.2) is 4.98 Å². The zero-order chi connectivity index (χ0) is 12.7. The molecule has 0 unspecified atom stereocenters. The summed E-state index contributed by atoms with van der Waals surface area (Å²) in [6.07, 6.45) is 1.68. The molecule has 0 spiro atoms. The van der Waals surface area contributed by atoms with Crippen LogP contribution in [0.15, 0.2) is 36.5 Å². The average molecular weight is 239 g/mol. The van der Waals surface area contributed by atoms with Crippen molar-refractivity contribution in [3.63, 3.8) is 0 Å². The molecular formula is C14H13N3O. The van der Waals surface area contributed by atoms with Crippen LogP contribution in [0, 0.1) is 0 Å². The first kappa shape index (κ1) is 10.8. The largest absolute Gasteiger partial charge is 0.353 e. The van der Waals surface area contributed by atoms with Gasteiger partial charge in [0.1, 0.15) is 0 Å². The molecule has 0 bridgehead atoms. The number of carbonyl (C=O) groups excluding carboxylic acids is 1. The minimum Gasteiger partial charge on any atom is -0.353 e. The van der Waals surface area contributed by atoms with Gasteiger partial charge in [0, 0.05) is 36.6 Å². The lowest BCUT2D eigenvalue weighted by atomic mass is 10.1. The fraction of sp³-hybridized carbons (Fsp3) is 0.143. The highest BCUT2D eigenvalue weighted by Gasteiger charge is 2.16. The number of carbonyl (C=O) groups is 1. The van der Waals surface area contributed by atoms with Gasteiger partial charge in [0.15, 0.2) is 5.69 Å². The van der Waals surface area contributed by atoms with Gasteiger partial charge in [0.25, 0.3) is 5.91 Å². The van der Waals surface area contributed by atoms with Gasteiger partial charge in [0.05, 0.1) is 5.52 Å². The normalized spacial score (nSPS) is 11.0. The maximum absolute atomic E-state index is 12.1. The first-order valence-corrected chi connectivity index (χ1v) is 5.75. The van der Waals surface area contributed by atoms with Crippen molar-refractivity contribution < 1.29 is 4.79 Å². The molecule has 1 aromatic carbocycles. The summed E-state index contributed by atoms with van der Waals surface area (Å²) >= 11 is 0. The highest BCUT2D eigenvalue weighted by Crippen LogP contribution is 2.26. The lowest BCUT2D eigenvalue weighted by Crippen LogP contribution is -2.23. The van der Waals surface area contributed by atoms with Crippen molar-refractivity contribution in [2.24, 2.45) is 0 Å². The van der Waals surface area contributed by atoms with E-state index in [9.17, 15) is 4.79 Å². The van der Waals surface area contributed by atoms with E-state index in [2.05, 4.69) is 9.97 Å². The van der Waals surface area contributed by atoms with Crippen LogP contribution in [0.4, 0.5) is 0 Å². The Morgan fingerprint density at radius 2 is 1.94 bits per heavy atom. The van der Waals surface area contributed by atoms with Gasteiger partial charge < -0.3 is 9.88 Å². The predicted octanol–water partition coefficient (Wildman–Crippen LogP) is 2.42. The number of amides is 1. The molecule has 0 fully saturated rings. The molecule has 0 aliphatic rings. The van der Waals surface area contributed by atoms with Gasteiger partial charge in [-0.15, -0.1) is 0 Å². The Morgan fingerprint density at radius 1 is 1.17 bits per heavy atom. The summed E-state index contributed by atoms with van der Waals surface area (Å²) in [6.45, 7) is 0. The first-order chi connectivity index (χ1) is 8.68. The lowest BCUT2D eigenvalue weighted by molar-refractivity contribution is 0.0824. The van der Waals surface area contributed by atoms with E-state index in [1.165, 1.54) is 4.90 Å². The van der Waals surface area contributed by atoms with E-state index < -0.39 is 0 Å². The highest BCUT2D eigenvalue weighted by atomic mass is 16.2. The molecular weight excluding hydrogens is 226 g/mol. The van der Waals surface area contributed by atoms with Gasteiger partial charge in [-0.2, -0.15) is 0 Å². The second-order valence-corrected chi connectivity index (χ2v) is 4.45. The van der Waals surface area contributed by atoms with Crippen LogP contribution < -0.4 is 0 Å². The van der Waals surface area contributed by atoms with Crippen molar-refractivity contribution in [1.82, 2.24) is 14.9 Å². The number of benzene rings is 1. The predicted molar refractivity (Wildman–Crippen MR) is 71.6 cm³/mol. The van der Waals surface area contributed by atoms with Crippen LogP contribution in [0.1, 0.15) is 10.5 Å². The quantitative estimate of drug-likeness (QED) is 0.709. The van der Waals surface area contributed by atoms with E-state index in [0.717, 1.165) is 21.8 Å². The summed E-state index contributed by atoms with van der Waals surface area (Å²) in [4.78, 5) is 21.1. The fourth-order valence-corrected chi connectivity index (χ4v) is 2.15. The van der Waals surface area contributed by atoms with E-state index in [1.54, 1.807) is 20.3 Å². The molecule has 2 aromatic heterocycles. The lowest BCUT2D eigenvalue weighted by Gasteiger charge is -2.09. The standard InChI is InChI=1S/C14H13N3O/c1-17(2)14(18)13-12-10(7-8-15-13)9-5-3-4-6-11(9)16-12/h3-8,16H,1-2H3. The Morgan fingerprint density at radius 3 is 2.72 bits per heavy atom. The van der Waals surface area contributed by atoms with Crippen LogP contribution in [0.2, 0.25) is 0 Å². The van der Waals surface area contributed by atoms with E-state index in [-0.39, 0.29) is 5.91 Å². The summed E-state index contributed by atoms with van der Waals surface area (Å²) < 4.78 is 0. The second-order valence-electron chi connectivity index (χ2n) is 4.45. The third-order valence-electron chi connectivity index (χ3n) is 3.04. The number of rotatable bonds is 1. The number of aromatic nitrogens is 2. The molecule has 0 saturated carbocycles. The summed E-state index contributed by atoms with van der Waals surface area (Å²) in [5.41, 5.74) is 2.29. The molecule has 0 saturated heterocycles. The first-order valence-electron chi connectivity index (χ1n) is 5.75. The average Bonchev–Trinajstić information content (AvgIpc) is 2.76. The number of hydrogen-bond acceptors (Lipinski definition) is 2. The van der Waals surface area contributed by atoms with Gasteiger partial charge >= 0.3 is 0 Å². The minimum atomic E-state index is -0.0906. The Balaban J connectivity index is 2.38. The van der Waals surface area contributed by atoms with Crippen molar-refractivity contribution in [2.75, 3.05) is 14.1 Å². The van der Waals surface area contributed by atoms with Crippen molar-refractivity contribution >= 4 is 27.7 Å². The zero-order valence-electron chi connectivity index (χ0n) is 10.3. The van der Waals surface area contributed by atoms with Crippen LogP contribution in [0.5, 0.6) is 0 Å².